The van der Waals surface area contributed by atoms with E-state index in [0.29, 0.717) is 22.1 Å². The number of carbonyl (C=O) groups excluding carboxylic acids is 1. The molecule has 0 fully saturated rings. The summed E-state index contributed by atoms with van der Waals surface area (Å²) in [5.74, 6) is 0.315. The molecule has 0 aliphatic carbocycles. The summed E-state index contributed by atoms with van der Waals surface area (Å²) in [6, 6.07) is 9.78. The number of hydrogen-bond donors (Lipinski definition) is 2. The van der Waals surface area contributed by atoms with E-state index in [4.69, 9.17) is 21.1 Å². The number of carbonyl (C=O) groups is 1. The van der Waals surface area contributed by atoms with Gasteiger partial charge in [0.05, 0.1) is 18.3 Å². The van der Waals surface area contributed by atoms with E-state index in [0.717, 1.165) is 4.47 Å². The largest absolute Gasteiger partial charge is 0.504 e. The zero-order chi connectivity index (χ0) is 17.5. The van der Waals surface area contributed by atoms with Crippen molar-refractivity contribution >= 4 is 39.7 Å². The summed E-state index contributed by atoms with van der Waals surface area (Å²) in [5, 5.41) is 13.7. The van der Waals surface area contributed by atoms with Gasteiger partial charge in [0, 0.05) is 4.47 Å². The molecule has 0 aliphatic heterocycles. The number of benzene rings is 2. The number of amides is 1. The Hall–Kier alpha value is -2.25. The van der Waals surface area contributed by atoms with Gasteiger partial charge in [0.2, 0.25) is 0 Å². The number of aromatic hydroxyl groups is 1. The van der Waals surface area contributed by atoms with Crippen LogP contribution in [0.5, 0.6) is 17.2 Å². The van der Waals surface area contributed by atoms with Crippen LogP contribution in [0.25, 0.3) is 0 Å². The van der Waals surface area contributed by atoms with Crippen LogP contribution in [0.15, 0.2) is 46.0 Å². The fraction of sp³-hybridized carbons (Fsp3) is 0.125. The molecule has 2 aromatic carbocycles. The summed E-state index contributed by atoms with van der Waals surface area (Å²) in [7, 11) is 1.45. The van der Waals surface area contributed by atoms with Gasteiger partial charge in [0.25, 0.3) is 5.91 Å². The molecule has 0 aromatic heterocycles. The van der Waals surface area contributed by atoms with Crippen molar-refractivity contribution in [1.82, 2.24) is 5.43 Å². The molecule has 2 rings (SSSR count). The number of nitrogens with one attached hydrogen (secondary N) is 1. The van der Waals surface area contributed by atoms with Gasteiger partial charge in [0.1, 0.15) is 5.75 Å². The molecule has 0 spiro atoms. The Morgan fingerprint density at radius 1 is 1.33 bits per heavy atom. The van der Waals surface area contributed by atoms with E-state index in [1.807, 2.05) is 0 Å². The molecular weight excluding hydrogens is 400 g/mol. The second-order valence-electron chi connectivity index (χ2n) is 4.59. The third kappa shape index (κ3) is 5.14. The first-order valence-electron chi connectivity index (χ1n) is 6.76. The highest BCUT2D eigenvalue weighted by molar-refractivity contribution is 9.10. The monoisotopic (exact) mass is 412 g/mol. The minimum Gasteiger partial charge on any atom is -0.504 e. The Morgan fingerprint density at radius 2 is 2.12 bits per heavy atom. The molecule has 126 valence electrons. The lowest BCUT2D eigenvalue weighted by Crippen LogP contribution is -2.24. The zero-order valence-electron chi connectivity index (χ0n) is 12.6. The highest BCUT2D eigenvalue weighted by atomic mass is 79.9. The molecule has 0 saturated heterocycles. The molecule has 2 N–H and O–H groups in total. The van der Waals surface area contributed by atoms with Crippen LogP contribution in [0.4, 0.5) is 0 Å². The number of hydrazone groups is 1. The van der Waals surface area contributed by atoms with Gasteiger partial charge in [-0.05, 0) is 42.0 Å². The Kier molecular flexibility index (Phi) is 6.45. The SMILES string of the molecule is COc1cc(C=NNC(=O)COc2ccc(Br)cc2Cl)ccc1O. The van der Waals surface area contributed by atoms with Crippen LogP contribution in [-0.4, -0.2) is 30.9 Å². The van der Waals surface area contributed by atoms with E-state index in [1.54, 1.807) is 30.3 Å². The third-order valence-corrected chi connectivity index (χ3v) is 3.65. The number of phenolic OH excluding ortho intramolecular Hbond substituents is 1. The minimum atomic E-state index is -0.434. The van der Waals surface area contributed by atoms with Gasteiger partial charge < -0.3 is 14.6 Å². The fourth-order valence-corrected chi connectivity index (χ4v) is 2.45. The molecule has 0 atom stereocenters. The number of hydrogen-bond acceptors (Lipinski definition) is 5. The number of rotatable bonds is 6. The van der Waals surface area contributed by atoms with Crippen LogP contribution >= 0.6 is 27.5 Å². The van der Waals surface area contributed by atoms with Crippen molar-refractivity contribution in [3.63, 3.8) is 0 Å². The molecule has 8 heteroatoms. The van der Waals surface area contributed by atoms with Crippen LogP contribution < -0.4 is 14.9 Å². The molecule has 0 aliphatic rings. The van der Waals surface area contributed by atoms with E-state index in [1.165, 1.54) is 19.4 Å². The summed E-state index contributed by atoms with van der Waals surface area (Å²) in [6.45, 7) is -0.225. The Labute approximate surface area is 152 Å². The van der Waals surface area contributed by atoms with Gasteiger partial charge in [-0.3, -0.25) is 4.79 Å². The van der Waals surface area contributed by atoms with Crippen LogP contribution in [0.3, 0.4) is 0 Å². The second kappa shape index (κ2) is 8.56. The molecular formula is C16H14BrClN2O4. The average molecular weight is 414 g/mol. The van der Waals surface area contributed by atoms with Gasteiger partial charge in [-0.2, -0.15) is 5.10 Å². The molecule has 0 unspecified atom stereocenters. The van der Waals surface area contributed by atoms with Crippen LogP contribution in [0, 0.1) is 0 Å². The normalized spacial score (nSPS) is 10.6. The molecule has 0 saturated carbocycles. The minimum absolute atomic E-state index is 0.0264. The van der Waals surface area contributed by atoms with Crippen LogP contribution in [-0.2, 0) is 4.79 Å². The first kappa shape index (κ1) is 18.1. The van der Waals surface area contributed by atoms with Crippen molar-refractivity contribution in [3.8, 4) is 17.2 Å². The third-order valence-electron chi connectivity index (χ3n) is 2.86. The standard InChI is InChI=1S/C16H14BrClN2O4/c1-23-15-6-10(2-4-13(15)21)8-19-20-16(22)9-24-14-5-3-11(17)7-12(14)18/h2-8,21H,9H2,1H3,(H,20,22). The van der Waals surface area contributed by atoms with Crippen molar-refractivity contribution in [1.29, 1.82) is 0 Å². The summed E-state index contributed by atoms with van der Waals surface area (Å²) >= 11 is 9.27. The van der Waals surface area contributed by atoms with Gasteiger partial charge in [-0.15, -0.1) is 0 Å². The molecule has 24 heavy (non-hydrogen) atoms. The van der Waals surface area contributed by atoms with Gasteiger partial charge >= 0.3 is 0 Å². The summed E-state index contributed by atoms with van der Waals surface area (Å²) in [6.07, 6.45) is 1.42. The summed E-state index contributed by atoms with van der Waals surface area (Å²) in [4.78, 5) is 11.7. The molecule has 6 nitrogen and oxygen atoms in total. The Morgan fingerprint density at radius 3 is 2.83 bits per heavy atom. The first-order valence-corrected chi connectivity index (χ1v) is 7.93. The molecule has 1 amide bonds. The van der Waals surface area contributed by atoms with E-state index in [-0.39, 0.29) is 12.4 Å². The van der Waals surface area contributed by atoms with Crippen molar-refractivity contribution in [2.75, 3.05) is 13.7 Å². The fourth-order valence-electron chi connectivity index (χ4n) is 1.72. The van der Waals surface area contributed by atoms with E-state index in [2.05, 4.69) is 26.5 Å². The molecule has 2 aromatic rings. The predicted molar refractivity (Wildman–Crippen MR) is 95.0 cm³/mol. The number of nitrogens with zero attached hydrogens (tertiary/aromatic N) is 1. The van der Waals surface area contributed by atoms with E-state index < -0.39 is 5.91 Å². The van der Waals surface area contributed by atoms with Gasteiger partial charge in [-0.1, -0.05) is 27.5 Å². The zero-order valence-corrected chi connectivity index (χ0v) is 15.0. The first-order chi connectivity index (χ1) is 11.5. The number of methoxy groups -OCH3 is 1. The van der Waals surface area contributed by atoms with E-state index >= 15 is 0 Å². The van der Waals surface area contributed by atoms with E-state index in [9.17, 15) is 9.90 Å². The number of phenols is 1. The van der Waals surface area contributed by atoms with Crippen molar-refractivity contribution in [2.45, 2.75) is 0 Å². The number of ether oxygens (including phenoxy) is 2. The molecule has 0 radical (unpaired) electrons. The maximum atomic E-state index is 11.7. The van der Waals surface area contributed by atoms with Gasteiger partial charge in [0.15, 0.2) is 18.1 Å². The topological polar surface area (TPSA) is 80.2 Å². The van der Waals surface area contributed by atoms with Crippen LogP contribution in [0.1, 0.15) is 5.56 Å². The molecule has 0 bridgehead atoms. The van der Waals surface area contributed by atoms with Gasteiger partial charge in [-0.25, -0.2) is 5.43 Å². The van der Waals surface area contributed by atoms with Crippen molar-refractivity contribution in [2.24, 2.45) is 5.10 Å². The number of halogens is 2. The van der Waals surface area contributed by atoms with Crippen molar-refractivity contribution in [3.05, 3.63) is 51.5 Å². The lowest BCUT2D eigenvalue weighted by atomic mass is 10.2. The second-order valence-corrected chi connectivity index (χ2v) is 5.91. The Balaban J connectivity index is 1.86. The smallest absolute Gasteiger partial charge is 0.277 e. The quantitative estimate of drug-likeness (QED) is 0.562. The lowest BCUT2D eigenvalue weighted by Gasteiger charge is -2.07. The van der Waals surface area contributed by atoms with Crippen LogP contribution in [0.2, 0.25) is 5.02 Å². The summed E-state index contributed by atoms with van der Waals surface area (Å²) in [5.41, 5.74) is 2.99. The van der Waals surface area contributed by atoms with Crippen molar-refractivity contribution < 1.29 is 19.4 Å². The maximum Gasteiger partial charge on any atom is 0.277 e. The Bertz CT molecular complexity index is 768. The summed E-state index contributed by atoms with van der Waals surface area (Å²) < 4.78 is 11.1. The molecule has 0 heterocycles. The lowest BCUT2D eigenvalue weighted by molar-refractivity contribution is -0.123. The highest BCUT2D eigenvalue weighted by Gasteiger charge is 2.06. The maximum absolute atomic E-state index is 11.7. The highest BCUT2D eigenvalue weighted by Crippen LogP contribution is 2.27. The predicted octanol–water partition coefficient (Wildman–Crippen LogP) is 3.35. The average Bonchev–Trinajstić information content (AvgIpc) is 2.55.